The SMILES string of the molecule is O=C(Cn1c(=O)n(-c2ccc(-c3cnn4ccccc34)cc2)c2ccccc21)N1CCC[C@H]1C(F)F. The number of benzene rings is 2. The molecule has 0 bridgehead atoms. The number of carbonyl (C=O) groups excluding carboxylic acids is 1. The van der Waals surface area contributed by atoms with Crippen molar-refractivity contribution in [3.05, 3.63) is 89.6 Å². The van der Waals surface area contributed by atoms with Crippen LogP contribution in [0.4, 0.5) is 8.78 Å². The molecule has 0 spiro atoms. The number of rotatable bonds is 5. The predicted octanol–water partition coefficient (Wildman–Crippen LogP) is 4.36. The van der Waals surface area contributed by atoms with Crippen LogP contribution in [0.2, 0.25) is 0 Å². The van der Waals surface area contributed by atoms with Gasteiger partial charge in [-0.1, -0.05) is 30.3 Å². The number of fused-ring (bicyclic) bond motifs is 2. The molecule has 0 unspecified atom stereocenters. The van der Waals surface area contributed by atoms with Gasteiger partial charge in [-0.3, -0.25) is 13.9 Å². The fraction of sp³-hybridized carbons (Fsp3) is 0.222. The second-order valence-electron chi connectivity index (χ2n) is 8.96. The van der Waals surface area contributed by atoms with E-state index in [4.69, 9.17) is 0 Å². The third-order valence-electron chi connectivity index (χ3n) is 6.90. The van der Waals surface area contributed by atoms with E-state index in [0.717, 1.165) is 16.6 Å². The lowest BCUT2D eigenvalue weighted by Crippen LogP contribution is -2.42. The van der Waals surface area contributed by atoms with Gasteiger partial charge in [0.05, 0.1) is 34.5 Å². The van der Waals surface area contributed by atoms with E-state index in [2.05, 4.69) is 5.10 Å². The van der Waals surface area contributed by atoms with E-state index in [1.807, 2.05) is 60.8 Å². The van der Waals surface area contributed by atoms with Crippen LogP contribution in [-0.4, -0.2) is 48.6 Å². The lowest BCUT2D eigenvalue weighted by atomic mass is 10.1. The minimum atomic E-state index is -2.60. The van der Waals surface area contributed by atoms with Gasteiger partial charge in [-0.15, -0.1) is 0 Å². The zero-order valence-corrected chi connectivity index (χ0v) is 19.3. The van der Waals surface area contributed by atoms with Gasteiger partial charge in [-0.05, 0) is 54.8 Å². The van der Waals surface area contributed by atoms with Crippen molar-refractivity contribution in [2.45, 2.75) is 31.9 Å². The Bertz CT molecular complexity index is 1630. The molecule has 0 saturated carbocycles. The zero-order chi connectivity index (χ0) is 24.8. The molecule has 1 fully saturated rings. The van der Waals surface area contributed by atoms with E-state index in [9.17, 15) is 18.4 Å². The van der Waals surface area contributed by atoms with Gasteiger partial charge in [0, 0.05) is 18.3 Å². The summed E-state index contributed by atoms with van der Waals surface area (Å²) in [7, 11) is 0. The number of pyridine rings is 1. The first-order chi connectivity index (χ1) is 17.5. The average molecular weight is 488 g/mol. The van der Waals surface area contributed by atoms with Crippen LogP contribution in [0.5, 0.6) is 0 Å². The molecule has 1 amide bonds. The number of halogens is 2. The van der Waals surface area contributed by atoms with Gasteiger partial charge in [0.15, 0.2) is 0 Å². The summed E-state index contributed by atoms with van der Waals surface area (Å²) in [6.07, 6.45) is 1.91. The number of para-hydroxylation sites is 2. The molecule has 0 N–H and O–H groups in total. The molecule has 1 saturated heterocycles. The van der Waals surface area contributed by atoms with E-state index >= 15 is 0 Å². The van der Waals surface area contributed by atoms with Crippen LogP contribution in [-0.2, 0) is 11.3 Å². The Balaban J connectivity index is 1.37. The number of nitrogens with zero attached hydrogens (tertiary/aromatic N) is 5. The van der Waals surface area contributed by atoms with Crippen LogP contribution in [0.25, 0.3) is 33.4 Å². The standard InChI is InChI=1S/C27H23F2N5O2/c28-26(29)24-9-5-14-31(24)25(35)17-32-22-7-1-2-8-23(22)34(27(32)36)19-12-10-18(11-13-19)20-16-30-33-15-4-3-6-21(20)33/h1-4,6-8,10-13,15-16,24,26H,5,9,14,17H2/t24-/m0/s1. The van der Waals surface area contributed by atoms with Crippen LogP contribution >= 0.6 is 0 Å². The van der Waals surface area contributed by atoms with Crippen molar-refractivity contribution in [1.82, 2.24) is 23.6 Å². The highest BCUT2D eigenvalue weighted by atomic mass is 19.3. The quantitative estimate of drug-likeness (QED) is 0.370. The van der Waals surface area contributed by atoms with Gasteiger partial charge in [-0.2, -0.15) is 5.10 Å². The minimum Gasteiger partial charge on any atom is -0.332 e. The molecule has 2 aromatic carbocycles. The number of alkyl halides is 2. The molecule has 1 aliphatic rings. The van der Waals surface area contributed by atoms with Crippen LogP contribution in [0, 0.1) is 0 Å². The maximum atomic E-state index is 13.5. The predicted molar refractivity (Wildman–Crippen MR) is 132 cm³/mol. The Morgan fingerprint density at radius 2 is 1.69 bits per heavy atom. The summed E-state index contributed by atoms with van der Waals surface area (Å²) in [6.45, 7) is 0.00227. The van der Waals surface area contributed by atoms with E-state index in [0.29, 0.717) is 23.1 Å². The Morgan fingerprint density at radius 1 is 0.972 bits per heavy atom. The number of likely N-dealkylation sites (tertiary alicyclic amines) is 1. The molecule has 4 heterocycles. The summed E-state index contributed by atoms with van der Waals surface area (Å²) in [6, 6.07) is 19.5. The van der Waals surface area contributed by atoms with Crippen molar-refractivity contribution >= 4 is 22.5 Å². The molecule has 9 heteroatoms. The van der Waals surface area contributed by atoms with Crippen molar-refractivity contribution in [2.75, 3.05) is 6.54 Å². The smallest absolute Gasteiger partial charge is 0.332 e. The number of carbonyl (C=O) groups is 1. The molecule has 7 nitrogen and oxygen atoms in total. The van der Waals surface area contributed by atoms with Crippen molar-refractivity contribution in [2.24, 2.45) is 0 Å². The molecule has 1 atom stereocenters. The van der Waals surface area contributed by atoms with Crippen molar-refractivity contribution in [1.29, 1.82) is 0 Å². The monoisotopic (exact) mass is 487 g/mol. The van der Waals surface area contributed by atoms with Gasteiger partial charge in [0.25, 0.3) is 6.43 Å². The van der Waals surface area contributed by atoms with Gasteiger partial charge in [-0.25, -0.2) is 18.1 Å². The maximum absolute atomic E-state index is 13.5. The molecule has 6 rings (SSSR count). The van der Waals surface area contributed by atoms with Gasteiger partial charge >= 0.3 is 5.69 Å². The van der Waals surface area contributed by atoms with E-state index in [-0.39, 0.29) is 25.2 Å². The molecule has 0 radical (unpaired) electrons. The first-order valence-electron chi connectivity index (χ1n) is 11.8. The number of hydrogen-bond acceptors (Lipinski definition) is 3. The maximum Gasteiger partial charge on any atom is 0.334 e. The van der Waals surface area contributed by atoms with Gasteiger partial charge < -0.3 is 4.90 Å². The highest BCUT2D eigenvalue weighted by Gasteiger charge is 2.35. The molecule has 1 aliphatic heterocycles. The lowest BCUT2D eigenvalue weighted by molar-refractivity contribution is -0.135. The summed E-state index contributed by atoms with van der Waals surface area (Å²) < 4.78 is 31.5. The van der Waals surface area contributed by atoms with Crippen LogP contribution in [0.15, 0.2) is 83.9 Å². The largest absolute Gasteiger partial charge is 0.334 e. The molecule has 5 aromatic rings. The third kappa shape index (κ3) is 3.59. The van der Waals surface area contributed by atoms with E-state index < -0.39 is 18.4 Å². The highest BCUT2D eigenvalue weighted by Crippen LogP contribution is 2.27. The molecule has 3 aromatic heterocycles. The average Bonchev–Trinajstić information content (AvgIpc) is 3.61. The number of amides is 1. The van der Waals surface area contributed by atoms with E-state index in [1.54, 1.807) is 27.4 Å². The lowest BCUT2D eigenvalue weighted by Gasteiger charge is -2.24. The Labute approximate surface area is 204 Å². The van der Waals surface area contributed by atoms with Crippen LogP contribution in [0.1, 0.15) is 12.8 Å². The van der Waals surface area contributed by atoms with Crippen LogP contribution in [0.3, 0.4) is 0 Å². The second kappa shape index (κ2) is 8.75. The normalized spacial score (nSPS) is 16.0. The summed E-state index contributed by atoms with van der Waals surface area (Å²) >= 11 is 0. The minimum absolute atomic E-state index is 0.277. The Morgan fingerprint density at radius 3 is 2.47 bits per heavy atom. The van der Waals surface area contributed by atoms with E-state index in [1.165, 1.54) is 9.47 Å². The summed E-state index contributed by atoms with van der Waals surface area (Å²) in [5, 5.41) is 4.39. The molecule has 182 valence electrons. The number of aromatic nitrogens is 4. The Kier molecular flexibility index (Phi) is 5.40. The molecule has 0 aliphatic carbocycles. The molecule has 36 heavy (non-hydrogen) atoms. The number of hydrogen-bond donors (Lipinski definition) is 0. The van der Waals surface area contributed by atoms with Crippen LogP contribution < -0.4 is 5.69 Å². The first kappa shape index (κ1) is 22.2. The Hall–Kier alpha value is -4.27. The fourth-order valence-electron chi connectivity index (χ4n) is 5.15. The molecular weight excluding hydrogens is 464 g/mol. The van der Waals surface area contributed by atoms with Crippen molar-refractivity contribution in [3.8, 4) is 16.8 Å². The summed E-state index contributed by atoms with van der Waals surface area (Å²) in [5.74, 6) is -0.466. The first-order valence-corrected chi connectivity index (χ1v) is 11.8. The fourth-order valence-corrected chi connectivity index (χ4v) is 5.15. The topological polar surface area (TPSA) is 64.5 Å². The van der Waals surface area contributed by atoms with Gasteiger partial charge in [0.1, 0.15) is 6.54 Å². The zero-order valence-electron chi connectivity index (χ0n) is 19.3. The van der Waals surface area contributed by atoms with Crippen molar-refractivity contribution < 1.29 is 13.6 Å². The van der Waals surface area contributed by atoms with Crippen molar-refractivity contribution in [3.63, 3.8) is 0 Å². The summed E-state index contributed by atoms with van der Waals surface area (Å²) in [5.41, 5.74) is 4.39. The number of imidazole rings is 1. The summed E-state index contributed by atoms with van der Waals surface area (Å²) in [4.78, 5) is 27.7. The second-order valence-corrected chi connectivity index (χ2v) is 8.96. The third-order valence-corrected chi connectivity index (χ3v) is 6.90. The van der Waals surface area contributed by atoms with Gasteiger partial charge in [0.2, 0.25) is 5.91 Å². The molecular formula is C27H23F2N5O2. The highest BCUT2D eigenvalue weighted by molar-refractivity contribution is 5.83.